The van der Waals surface area contributed by atoms with Crippen LogP contribution in [0.5, 0.6) is 5.75 Å². The predicted octanol–water partition coefficient (Wildman–Crippen LogP) is 4.29. The minimum absolute atomic E-state index is 0.0723. The summed E-state index contributed by atoms with van der Waals surface area (Å²) in [6.45, 7) is 1.52. The third kappa shape index (κ3) is 3.92. The molecule has 4 rings (SSSR count). The molecule has 1 atom stereocenters. The van der Waals surface area contributed by atoms with Gasteiger partial charge in [0.2, 0.25) is 5.91 Å². The van der Waals surface area contributed by atoms with Gasteiger partial charge >= 0.3 is 0 Å². The lowest BCUT2D eigenvalue weighted by molar-refractivity contribution is -0.120. The van der Waals surface area contributed by atoms with Crippen molar-refractivity contribution >= 4 is 11.6 Å². The lowest BCUT2D eigenvalue weighted by Crippen LogP contribution is -2.45. The second-order valence-corrected chi connectivity index (χ2v) is 7.13. The molecule has 4 heteroatoms. The van der Waals surface area contributed by atoms with Gasteiger partial charge in [-0.15, -0.1) is 0 Å². The highest BCUT2D eigenvalue weighted by Gasteiger charge is 2.33. The van der Waals surface area contributed by atoms with E-state index < -0.39 is 0 Å². The molecule has 0 spiro atoms. The fourth-order valence-corrected chi connectivity index (χ4v) is 3.68. The van der Waals surface area contributed by atoms with E-state index in [1.807, 2.05) is 72.6 Å². The van der Waals surface area contributed by atoms with E-state index in [-0.39, 0.29) is 11.9 Å². The molecule has 3 aromatic carbocycles. The van der Waals surface area contributed by atoms with Crippen molar-refractivity contribution in [1.29, 1.82) is 0 Å². The Morgan fingerprint density at radius 1 is 0.964 bits per heavy atom. The van der Waals surface area contributed by atoms with Gasteiger partial charge in [-0.25, -0.2) is 0 Å². The van der Waals surface area contributed by atoms with Crippen molar-refractivity contribution < 1.29 is 9.53 Å². The Hall–Kier alpha value is -3.11. The third-order valence-corrected chi connectivity index (χ3v) is 4.99. The molecular weight excluding hydrogens is 348 g/mol. The van der Waals surface area contributed by atoms with Crippen molar-refractivity contribution in [3.05, 3.63) is 96.1 Å². The van der Waals surface area contributed by atoms with Crippen LogP contribution in [0.4, 0.5) is 5.69 Å². The van der Waals surface area contributed by atoms with Crippen molar-refractivity contribution in [3.63, 3.8) is 0 Å². The van der Waals surface area contributed by atoms with Gasteiger partial charge < -0.3 is 4.74 Å². The first-order chi connectivity index (χ1) is 13.7. The summed E-state index contributed by atoms with van der Waals surface area (Å²) in [4.78, 5) is 17.3. The first-order valence-corrected chi connectivity index (χ1v) is 9.53. The maximum Gasteiger partial charge on any atom is 0.241 e. The SMILES string of the molecule is CN(CC(=O)N1c2ccccc2OCC1c1ccccc1)Cc1ccccc1. The molecule has 1 unspecified atom stereocenters. The van der Waals surface area contributed by atoms with Gasteiger partial charge in [0.05, 0.1) is 18.3 Å². The number of carbonyl (C=O) groups excluding carboxylic acids is 1. The highest BCUT2D eigenvalue weighted by Crippen LogP contribution is 2.39. The predicted molar refractivity (Wildman–Crippen MR) is 111 cm³/mol. The zero-order valence-corrected chi connectivity index (χ0v) is 16.0. The highest BCUT2D eigenvalue weighted by molar-refractivity contribution is 5.97. The summed E-state index contributed by atoms with van der Waals surface area (Å²) in [5.74, 6) is 0.830. The van der Waals surface area contributed by atoms with Gasteiger partial charge in [-0.1, -0.05) is 72.8 Å². The number of anilines is 1. The zero-order valence-electron chi connectivity index (χ0n) is 16.0. The van der Waals surface area contributed by atoms with Gasteiger partial charge in [0.1, 0.15) is 12.4 Å². The molecule has 1 amide bonds. The maximum atomic E-state index is 13.4. The lowest BCUT2D eigenvalue weighted by atomic mass is 10.0. The van der Waals surface area contributed by atoms with Crippen molar-refractivity contribution in [2.75, 3.05) is 25.1 Å². The smallest absolute Gasteiger partial charge is 0.241 e. The Labute approximate surface area is 166 Å². The normalized spacial score (nSPS) is 15.8. The van der Waals surface area contributed by atoms with Crippen LogP contribution in [0.15, 0.2) is 84.9 Å². The number of fused-ring (bicyclic) bond motifs is 1. The average Bonchev–Trinajstić information content (AvgIpc) is 2.74. The number of hydrogen-bond acceptors (Lipinski definition) is 3. The number of benzene rings is 3. The molecule has 142 valence electrons. The molecule has 1 aliphatic rings. The van der Waals surface area contributed by atoms with Gasteiger partial charge in [0.15, 0.2) is 0 Å². The summed E-state index contributed by atoms with van der Waals surface area (Å²) in [5.41, 5.74) is 3.11. The van der Waals surface area contributed by atoms with Gasteiger partial charge in [-0.05, 0) is 30.3 Å². The number of rotatable bonds is 5. The molecule has 0 bridgehead atoms. The van der Waals surface area contributed by atoms with E-state index in [1.165, 1.54) is 5.56 Å². The molecule has 0 aromatic heterocycles. The van der Waals surface area contributed by atoms with Crippen LogP contribution in [-0.2, 0) is 11.3 Å². The molecule has 0 radical (unpaired) electrons. The lowest BCUT2D eigenvalue weighted by Gasteiger charge is -2.38. The van der Waals surface area contributed by atoms with Gasteiger partial charge in [0, 0.05) is 6.54 Å². The summed E-state index contributed by atoms with van der Waals surface area (Å²) in [7, 11) is 1.98. The Bertz CT molecular complexity index is 928. The Balaban J connectivity index is 1.58. The number of carbonyl (C=O) groups is 1. The first kappa shape index (κ1) is 18.3. The van der Waals surface area contributed by atoms with Crippen molar-refractivity contribution in [2.45, 2.75) is 12.6 Å². The van der Waals surface area contributed by atoms with Crippen LogP contribution in [0.1, 0.15) is 17.2 Å². The summed E-state index contributed by atoms with van der Waals surface area (Å²) in [5, 5.41) is 0. The summed E-state index contributed by atoms with van der Waals surface area (Å²) >= 11 is 0. The number of nitrogens with zero attached hydrogens (tertiary/aromatic N) is 2. The monoisotopic (exact) mass is 372 g/mol. The molecule has 0 fully saturated rings. The number of likely N-dealkylation sites (N-methyl/N-ethyl adjacent to an activating group) is 1. The maximum absolute atomic E-state index is 13.4. The van der Waals surface area contributed by atoms with Gasteiger partial charge in [-0.2, -0.15) is 0 Å². The minimum atomic E-state index is -0.131. The molecule has 0 saturated carbocycles. The van der Waals surface area contributed by atoms with E-state index in [2.05, 4.69) is 29.2 Å². The molecule has 4 nitrogen and oxygen atoms in total. The largest absolute Gasteiger partial charge is 0.489 e. The van der Waals surface area contributed by atoms with Crippen LogP contribution in [0.25, 0.3) is 0 Å². The fraction of sp³-hybridized carbons (Fsp3) is 0.208. The first-order valence-electron chi connectivity index (χ1n) is 9.53. The average molecular weight is 372 g/mol. The van der Waals surface area contributed by atoms with Crippen molar-refractivity contribution in [3.8, 4) is 5.75 Å². The van der Waals surface area contributed by atoms with Crippen molar-refractivity contribution in [1.82, 2.24) is 4.90 Å². The second kappa shape index (κ2) is 8.28. The van der Waals surface area contributed by atoms with Gasteiger partial charge in [-0.3, -0.25) is 14.6 Å². The quantitative estimate of drug-likeness (QED) is 0.670. The van der Waals surface area contributed by atoms with Crippen LogP contribution in [0, 0.1) is 0 Å². The van der Waals surface area contributed by atoms with E-state index >= 15 is 0 Å². The molecular formula is C24H24N2O2. The summed E-state index contributed by atoms with van der Waals surface area (Å²) in [6, 6.07) is 27.9. The van der Waals surface area contributed by atoms with Crippen LogP contribution >= 0.6 is 0 Å². The molecule has 3 aromatic rings. The van der Waals surface area contributed by atoms with Crippen LogP contribution in [0.2, 0.25) is 0 Å². The number of amides is 1. The fourth-order valence-electron chi connectivity index (χ4n) is 3.68. The Kier molecular flexibility index (Phi) is 5.40. The third-order valence-electron chi connectivity index (χ3n) is 4.99. The van der Waals surface area contributed by atoms with E-state index in [1.54, 1.807) is 0 Å². The van der Waals surface area contributed by atoms with E-state index in [9.17, 15) is 4.79 Å². The van der Waals surface area contributed by atoms with Crippen LogP contribution in [0.3, 0.4) is 0 Å². The molecule has 0 N–H and O–H groups in total. The number of para-hydroxylation sites is 2. The molecule has 28 heavy (non-hydrogen) atoms. The number of hydrogen-bond donors (Lipinski definition) is 0. The molecule has 1 heterocycles. The molecule has 1 aliphatic heterocycles. The van der Waals surface area contributed by atoms with E-state index in [4.69, 9.17) is 4.74 Å². The Morgan fingerprint density at radius 2 is 1.61 bits per heavy atom. The summed E-state index contributed by atoms with van der Waals surface area (Å²) < 4.78 is 5.96. The Morgan fingerprint density at radius 3 is 2.36 bits per heavy atom. The van der Waals surface area contributed by atoms with Crippen LogP contribution in [-0.4, -0.2) is 31.0 Å². The molecule has 0 saturated heterocycles. The van der Waals surface area contributed by atoms with Crippen LogP contribution < -0.4 is 9.64 Å². The van der Waals surface area contributed by atoms with E-state index in [0.29, 0.717) is 13.2 Å². The van der Waals surface area contributed by atoms with E-state index in [0.717, 1.165) is 23.5 Å². The molecule has 0 aliphatic carbocycles. The highest BCUT2D eigenvalue weighted by atomic mass is 16.5. The number of ether oxygens (including phenoxy) is 1. The van der Waals surface area contributed by atoms with Gasteiger partial charge in [0.25, 0.3) is 0 Å². The zero-order chi connectivity index (χ0) is 19.3. The topological polar surface area (TPSA) is 32.8 Å². The second-order valence-electron chi connectivity index (χ2n) is 7.13. The summed E-state index contributed by atoms with van der Waals surface area (Å²) in [6.07, 6.45) is 0. The van der Waals surface area contributed by atoms with Crippen molar-refractivity contribution in [2.24, 2.45) is 0 Å². The minimum Gasteiger partial charge on any atom is -0.489 e. The standard InChI is InChI=1S/C24H24N2O2/c1-25(16-19-10-4-2-5-11-19)17-24(27)26-21-14-8-9-15-23(21)28-18-22(26)20-12-6-3-7-13-20/h2-15,22H,16-18H2,1H3.